The SMILES string of the molecule is CC(C)CNC(=O)N1CCC(C(=O)N2CCOCC2)CC1. The minimum absolute atomic E-state index is 0.000900. The van der Waals surface area contributed by atoms with Crippen LogP contribution in [0.4, 0.5) is 4.79 Å². The molecule has 3 amide bonds. The normalized spacial score (nSPS) is 20.7. The van der Waals surface area contributed by atoms with Gasteiger partial charge in [-0.05, 0) is 18.8 Å². The van der Waals surface area contributed by atoms with Gasteiger partial charge in [0.2, 0.25) is 5.91 Å². The fourth-order valence-electron chi connectivity index (χ4n) is 2.77. The molecule has 0 radical (unpaired) electrons. The number of rotatable bonds is 3. The average molecular weight is 297 g/mol. The fourth-order valence-corrected chi connectivity index (χ4v) is 2.77. The van der Waals surface area contributed by atoms with E-state index in [1.165, 1.54) is 0 Å². The maximum Gasteiger partial charge on any atom is 0.317 e. The van der Waals surface area contributed by atoms with Crippen LogP contribution in [0.3, 0.4) is 0 Å². The van der Waals surface area contributed by atoms with E-state index in [4.69, 9.17) is 4.74 Å². The van der Waals surface area contributed by atoms with Gasteiger partial charge in [0.05, 0.1) is 13.2 Å². The Morgan fingerprint density at radius 3 is 2.29 bits per heavy atom. The van der Waals surface area contributed by atoms with E-state index in [9.17, 15) is 9.59 Å². The van der Waals surface area contributed by atoms with Crippen LogP contribution in [0.2, 0.25) is 0 Å². The summed E-state index contributed by atoms with van der Waals surface area (Å²) in [5, 5.41) is 2.93. The standard InChI is InChI=1S/C15H27N3O3/c1-12(2)11-16-15(20)18-5-3-13(4-6-18)14(19)17-7-9-21-10-8-17/h12-13H,3-11H2,1-2H3,(H,16,20). The number of nitrogens with zero attached hydrogens (tertiary/aromatic N) is 2. The molecule has 2 aliphatic rings. The Morgan fingerprint density at radius 1 is 1.10 bits per heavy atom. The summed E-state index contributed by atoms with van der Waals surface area (Å²) in [7, 11) is 0. The Hall–Kier alpha value is -1.30. The third kappa shape index (κ3) is 4.59. The first-order valence-electron chi connectivity index (χ1n) is 7.97. The highest BCUT2D eigenvalue weighted by Crippen LogP contribution is 2.20. The van der Waals surface area contributed by atoms with Gasteiger partial charge in [-0.1, -0.05) is 13.8 Å². The molecule has 21 heavy (non-hydrogen) atoms. The van der Waals surface area contributed by atoms with Gasteiger partial charge in [0.15, 0.2) is 0 Å². The van der Waals surface area contributed by atoms with Crippen molar-refractivity contribution in [1.82, 2.24) is 15.1 Å². The summed E-state index contributed by atoms with van der Waals surface area (Å²) in [5.74, 6) is 0.757. The van der Waals surface area contributed by atoms with Crippen molar-refractivity contribution in [2.24, 2.45) is 11.8 Å². The van der Waals surface area contributed by atoms with Gasteiger partial charge in [-0.3, -0.25) is 4.79 Å². The van der Waals surface area contributed by atoms with Crippen molar-refractivity contribution in [1.29, 1.82) is 0 Å². The molecule has 1 N–H and O–H groups in total. The Labute approximate surface area is 126 Å². The van der Waals surface area contributed by atoms with E-state index in [1.807, 2.05) is 9.80 Å². The van der Waals surface area contributed by atoms with Gasteiger partial charge < -0.3 is 19.9 Å². The van der Waals surface area contributed by atoms with E-state index in [-0.39, 0.29) is 17.9 Å². The van der Waals surface area contributed by atoms with Crippen LogP contribution in [-0.2, 0) is 9.53 Å². The summed E-state index contributed by atoms with van der Waals surface area (Å²) in [6, 6.07) is 0.000900. The molecular formula is C15H27N3O3. The number of nitrogens with one attached hydrogen (secondary N) is 1. The van der Waals surface area contributed by atoms with Gasteiger partial charge in [0.1, 0.15) is 0 Å². The van der Waals surface area contributed by atoms with Gasteiger partial charge >= 0.3 is 6.03 Å². The highest BCUT2D eigenvalue weighted by Gasteiger charge is 2.30. The third-order valence-electron chi connectivity index (χ3n) is 4.12. The topological polar surface area (TPSA) is 61.9 Å². The van der Waals surface area contributed by atoms with Crippen LogP contribution in [0.1, 0.15) is 26.7 Å². The lowest BCUT2D eigenvalue weighted by Gasteiger charge is -2.35. The van der Waals surface area contributed by atoms with Gasteiger partial charge in [0.25, 0.3) is 0 Å². The van der Waals surface area contributed by atoms with Gasteiger partial charge in [-0.15, -0.1) is 0 Å². The van der Waals surface area contributed by atoms with Crippen molar-refractivity contribution in [3.8, 4) is 0 Å². The number of amides is 3. The van der Waals surface area contributed by atoms with Gasteiger partial charge in [0, 0.05) is 38.6 Å². The van der Waals surface area contributed by atoms with E-state index < -0.39 is 0 Å². The summed E-state index contributed by atoms with van der Waals surface area (Å²) < 4.78 is 5.28. The van der Waals surface area contributed by atoms with Crippen molar-refractivity contribution in [3.05, 3.63) is 0 Å². The number of carbonyl (C=O) groups is 2. The molecule has 0 aromatic rings. The fraction of sp³-hybridized carbons (Fsp3) is 0.867. The smallest absolute Gasteiger partial charge is 0.317 e. The molecule has 0 aliphatic carbocycles. The molecule has 0 atom stereocenters. The van der Waals surface area contributed by atoms with Crippen LogP contribution in [0.5, 0.6) is 0 Å². The molecule has 6 heteroatoms. The quantitative estimate of drug-likeness (QED) is 0.843. The van der Waals surface area contributed by atoms with Crippen molar-refractivity contribution in [2.45, 2.75) is 26.7 Å². The molecule has 2 fully saturated rings. The number of hydrogen-bond acceptors (Lipinski definition) is 3. The Balaban J connectivity index is 1.74. The molecule has 6 nitrogen and oxygen atoms in total. The first-order valence-corrected chi connectivity index (χ1v) is 7.97. The molecule has 0 saturated carbocycles. The molecule has 2 saturated heterocycles. The van der Waals surface area contributed by atoms with Crippen LogP contribution < -0.4 is 5.32 Å². The first kappa shape index (κ1) is 16.1. The summed E-state index contributed by atoms with van der Waals surface area (Å²) in [5.41, 5.74) is 0. The Morgan fingerprint density at radius 2 is 1.71 bits per heavy atom. The average Bonchev–Trinajstić information content (AvgIpc) is 2.53. The molecule has 0 bridgehead atoms. The Bertz CT molecular complexity index is 359. The Kier molecular flexibility index (Phi) is 5.85. The zero-order valence-electron chi connectivity index (χ0n) is 13.1. The molecule has 0 aromatic carbocycles. The zero-order chi connectivity index (χ0) is 15.2. The predicted molar refractivity (Wildman–Crippen MR) is 79.9 cm³/mol. The first-order chi connectivity index (χ1) is 10.1. The number of carbonyl (C=O) groups excluding carboxylic acids is 2. The number of likely N-dealkylation sites (tertiary alicyclic amines) is 1. The van der Waals surface area contributed by atoms with Crippen LogP contribution >= 0.6 is 0 Å². The van der Waals surface area contributed by atoms with Crippen LogP contribution in [0.25, 0.3) is 0 Å². The third-order valence-corrected chi connectivity index (χ3v) is 4.12. The van der Waals surface area contributed by atoms with E-state index in [0.29, 0.717) is 51.9 Å². The number of piperidine rings is 1. The highest BCUT2D eigenvalue weighted by atomic mass is 16.5. The lowest BCUT2D eigenvalue weighted by Crippen LogP contribution is -2.49. The summed E-state index contributed by atoms with van der Waals surface area (Å²) in [4.78, 5) is 28.1. The number of urea groups is 1. The van der Waals surface area contributed by atoms with E-state index in [0.717, 1.165) is 12.8 Å². The second kappa shape index (κ2) is 7.64. The van der Waals surface area contributed by atoms with E-state index in [2.05, 4.69) is 19.2 Å². The van der Waals surface area contributed by atoms with Crippen molar-refractivity contribution in [2.75, 3.05) is 45.9 Å². The van der Waals surface area contributed by atoms with Gasteiger partial charge in [-0.2, -0.15) is 0 Å². The number of ether oxygens (including phenoxy) is 1. The van der Waals surface area contributed by atoms with Gasteiger partial charge in [-0.25, -0.2) is 4.79 Å². The molecule has 120 valence electrons. The molecule has 0 aromatic heterocycles. The van der Waals surface area contributed by atoms with Crippen LogP contribution in [0.15, 0.2) is 0 Å². The lowest BCUT2D eigenvalue weighted by molar-refractivity contribution is -0.141. The van der Waals surface area contributed by atoms with E-state index >= 15 is 0 Å². The van der Waals surface area contributed by atoms with Crippen molar-refractivity contribution < 1.29 is 14.3 Å². The van der Waals surface area contributed by atoms with E-state index in [1.54, 1.807) is 0 Å². The molecular weight excluding hydrogens is 270 g/mol. The lowest BCUT2D eigenvalue weighted by atomic mass is 9.95. The zero-order valence-corrected chi connectivity index (χ0v) is 13.1. The van der Waals surface area contributed by atoms with Crippen LogP contribution in [-0.4, -0.2) is 67.7 Å². The minimum atomic E-state index is 0.000900. The second-order valence-electron chi connectivity index (χ2n) is 6.28. The molecule has 0 unspecified atom stereocenters. The monoisotopic (exact) mass is 297 g/mol. The number of morpholine rings is 1. The molecule has 2 rings (SSSR count). The minimum Gasteiger partial charge on any atom is -0.378 e. The number of hydrogen-bond donors (Lipinski definition) is 1. The second-order valence-corrected chi connectivity index (χ2v) is 6.28. The highest BCUT2D eigenvalue weighted by molar-refractivity contribution is 5.80. The molecule has 2 aliphatic heterocycles. The summed E-state index contributed by atoms with van der Waals surface area (Å²) in [6.07, 6.45) is 1.54. The molecule has 2 heterocycles. The summed E-state index contributed by atoms with van der Waals surface area (Å²) in [6.45, 7) is 8.88. The summed E-state index contributed by atoms with van der Waals surface area (Å²) >= 11 is 0. The van der Waals surface area contributed by atoms with Crippen molar-refractivity contribution >= 4 is 11.9 Å². The maximum absolute atomic E-state index is 12.4. The largest absolute Gasteiger partial charge is 0.378 e. The predicted octanol–water partition coefficient (Wildman–Crippen LogP) is 0.923. The maximum atomic E-state index is 12.4. The van der Waals surface area contributed by atoms with Crippen molar-refractivity contribution in [3.63, 3.8) is 0 Å². The van der Waals surface area contributed by atoms with Crippen LogP contribution in [0, 0.1) is 11.8 Å². The molecule has 0 spiro atoms.